The van der Waals surface area contributed by atoms with Crippen molar-refractivity contribution in [3.8, 4) is 0 Å². The lowest BCUT2D eigenvalue weighted by Crippen LogP contribution is -1.98. The Morgan fingerprint density at radius 3 is 3.17 bits per heavy atom. The molecular formula is C14H11NO3. The summed E-state index contributed by atoms with van der Waals surface area (Å²) in [7, 11) is 1.61. The van der Waals surface area contributed by atoms with E-state index >= 15 is 0 Å². The minimum Gasteiger partial charge on any atom is -0.456 e. The molecule has 0 saturated heterocycles. The Kier molecular flexibility index (Phi) is 2.57. The molecule has 0 fully saturated rings. The molecule has 0 aliphatic heterocycles. The van der Waals surface area contributed by atoms with E-state index in [-0.39, 0.29) is 6.10 Å². The van der Waals surface area contributed by atoms with Crippen molar-refractivity contribution < 1.29 is 13.9 Å². The summed E-state index contributed by atoms with van der Waals surface area (Å²) in [6.45, 7) is 0. The molecule has 0 bridgehead atoms. The quantitative estimate of drug-likeness (QED) is 0.758. The van der Waals surface area contributed by atoms with Crippen LogP contribution >= 0.6 is 0 Å². The predicted molar refractivity (Wildman–Crippen MR) is 66.9 cm³/mol. The molecule has 4 nitrogen and oxygen atoms in total. The van der Waals surface area contributed by atoms with Crippen LogP contribution in [0, 0.1) is 0 Å². The first kappa shape index (κ1) is 10.9. The number of aldehydes is 1. The molecule has 0 saturated carbocycles. The van der Waals surface area contributed by atoms with Crippen LogP contribution in [-0.2, 0) is 9.53 Å². The molecule has 2 heterocycles. The van der Waals surface area contributed by atoms with Gasteiger partial charge in [0.15, 0.2) is 11.9 Å². The topological polar surface area (TPSA) is 52.3 Å². The molecule has 1 aliphatic rings. The SMILES string of the molecule is COC1C=CC=C(C=O)c2c1oc1cnccc21. The van der Waals surface area contributed by atoms with Gasteiger partial charge in [0.1, 0.15) is 11.9 Å². The highest BCUT2D eigenvalue weighted by atomic mass is 16.5. The van der Waals surface area contributed by atoms with Crippen molar-refractivity contribution >= 4 is 22.8 Å². The van der Waals surface area contributed by atoms with Crippen LogP contribution in [0.2, 0.25) is 0 Å². The van der Waals surface area contributed by atoms with Crippen LogP contribution in [0.15, 0.2) is 41.1 Å². The third-order valence-electron chi connectivity index (χ3n) is 3.01. The van der Waals surface area contributed by atoms with E-state index in [1.54, 1.807) is 31.7 Å². The Bertz CT molecular complexity index is 667. The van der Waals surface area contributed by atoms with Crippen LogP contribution < -0.4 is 0 Å². The minimum atomic E-state index is -0.291. The van der Waals surface area contributed by atoms with E-state index in [2.05, 4.69) is 4.98 Å². The van der Waals surface area contributed by atoms with Gasteiger partial charge in [-0.3, -0.25) is 9.78 Å². The number of fused-ring (bicyclic) bond motifs is 3. The maximum Gasteiger partial charge on any atom is 0.153 e. The number of allylic oxidation sites excluding steroid dienone is 3. The van der Waals surface area contributed by atoms with Gasteiger partial charge in [-0.05, 0) is 12.1 Å². The third kappa shape index (κ3) is 1.50. The van der Waals surface area contributed by atoms with Crippen molar-refractivity contribution in [2.75, 3.05) is 7.11 Å². The van der Waals surface area contributed by atoms with E-state index in [1.165, 1.54) is 0 Å². The zero-order valence-corrected chi connectivity index (χ0v) is 9.79. The average Bonchev–Trinajstić information content (AvgIpc) is 2.69. The van der Waals surface area contributed by atoms with Crippen molar-refractivity contribution in [3.63, 3.8) is 0 Å². The summed E-state index contributed by atoms with van der Waals surface area (Å²) in [5.74, 6) is 0.646. The number of hydrogen-bond donors (Lipinski definition) is 0. The first-order valence-electron chi connectivity index (χ1n) is 5.58. The summed E-state index contributed by atoms with van der Waals surface area (Å²) >= 11 is 0. The first-order chi connectivity index (χ1) is 8.85. The van der Waals surface area contributed by atoms with Gasteiger partial charge < -0.3 is 9.15 Å². The van der Waals surface area contributed by atoms with Crippen molar-refractivity contribution in [2.24, 2.45) is 0 Å². The fourth-order valence-electron chi connectivity index (χ4n) is 2.18. The summed E-state index contributed by atoms with van der Waals surface area (Å²) in [6.07, 6.45) is 9.28. The molecule has 0 N–H and O–H groups in total. The van der Waals surface area contributed by atoms with E-state index in [0.717, 1.165) is 17.2 Å². The van der Waals surface area contributed by atoms with Gasteiger partial charge in [-0.25, -0.2) is 0 Å². The second-order valence-electron chi connectivity index (χ2n) is 3.99. The van der Waals surface area contributed by atoms with Gasteiger partial charge in [-0.2, -0.15) is 0 Å². The molecule has 0 amide bonds. The van der Waals surface area contributed by atoms with Crippen LogP contribution in [0.4, 0.5) is 0 Å². The number of aromatic nitrogens is 1. The summed E-state index contributed by atoms with van der Waals surface area (Å²) in [4.78, 5) is 15.2. The molecule has 0 radical (unpaired) electrons. The van der Waals surface area contributed by atoms with E-state index in [1.807, 2.05) is 12.1 Å². The monoisotopic (exact) mass is 241 g/mol. The molecule has 3 rings (SSSR count). The fraction of sp³-hybridized carbons (Fsp3) is 0.143. The van der Waals surface area contributed by atoms with Crippen LogP contribution in [0.5, 0.6) is 0 Å². The number of furan rings is 1. The normalized spacial score (nSPS) is 18.3. The van der Waals surface area contributed by atoms with Gasteiger partial charge in [0.25, 0.3) is 0 Å². The molecule has 18 heavy (non-hydrogen) atoms. The molecule has 1 aliphatic carbocycles. The van der Waals surface area contributed by atoms with Gasteiger partial charge in [0.2, 0.25) is 0 Å². The Labute approximate surface area is 104 Å². The molecule has 2 aromatic rings. The van der Waals surface area contributed by atoms with Crippen LogP contribution in [0.3, 0.4) is 0 Å². The van der Waals surface area contributed by atoms with Gasteiger partial charge >= 0.3 is 0 Å². The molecule has 2 aromatic heterocycles. The van der Waals surface area contributed by atoms with E-state index < -0.39 is 0 Å². The maximum atomic E-state index is 11.2. The van der Waals surface area contributed by atoms with Crippen LogP contribution in [0.1, 0.15) is 17.4 Å². The molecule has 1 unspecified atom stereocenters. The number of hydrogen-bond acceptors (Lipinski definition) is 4. The summed E-state index contributed by atoms with van der Waals surface area (Å²) < 4.78 is 11.1. The Hall–Kier alpha value is -2.20. The second-order valence-corrected chi connectivity index (χ2v) is 3.99. The van der Waals surface area contributed by atoms with Gasteiger partial charge in [-0.1, -0.05) is 12.2 Å². The molecule has 1 atom stereocenters. The maximum absolute atomic E-state index is 11.2. The average molecular weight is 241 g/mol. The minimum absolute atomic E-state index is 0.291. The highest BCUT2D eigenvalue weighted by molar-refractivity contribution is 6.13. The largest absolute Gasteiger partial charge is 0.456 e. The van der Waals surface area contributed by atoms with Crippen LogP contribution in [-0.4, -0.2) is 18.4 Å². The lowest BCUT2D eigenvalue weighted by Gasteiger charge is -2.08. The Morgan fingerprint density at radius 1 is 1.50 bits per heavy atom. The third-order valence-corrected chi connectivity index (χ3v) is 3.01. The van der Waals surface area contributed by atoms with Crippen molar-refractivity contribution in [1.29, 1.82) is 0 Å². The van der Waals surface area contributed by atoms with Crippen molar-refractivity contribution in [1.82, 2.24) is 4.98 Å². The zero-order valence-electron chi connectivity index (χ0n) is 9.79. The number of ether oxygens (including phenoxy) is 1. The first-order valence-corrected chi connectivity index (χ1v) is 5.58. The number of carbonyl (C=O) groups is 1. The molecule has 4 heteroatoms. The van der Waals surface area contributed by atoms with E-state index in [9.17, 15) is 4.79 Å². The lowest BCUT2D eigenvalue weighted by atomic mass is 10.0. The van der Waals surface area contributed by atoms with Crippen molar-refractivity contribution in [3.05, 3.63) is 48.0 Å². The number of rotatable bonds is 2. The number of nitrogens with zero attached hydrogens (tertiary/aromatic N) is 1. The predicted octanol–water partition coefficient (Wildman–Crippen LogP) is 2.67. The van der Waals surface area contributed by atoms with Gasteiger partial charge in [0, 0.05) is 29.8 Å². The summed E-state index contributed by atoms with van der Waals surface area (Å²) in [5.41, 5.74) is 2.04. The Morgan fingerprint density at radius 2 is 2.39 bits per heavy atom. The lowest BCUT2D eigenvalue weighted by molar-refractivity contribution is -0.103. The smallest absolute Gasteiger partial charge is 0.153 e. The number of pyridine rings is 1. The number of carbonyl (C=O) groups excluding carboxylic acids is 1. The van der Waals surface area contributed by atoms with Gasteiger partial charge in [0.05, 0.1) is 6.20 Å². The molecule has 0 aromatic carbocycles. The number of methoxy groups -OCH3 is 1. The highest BCUT2D eigenvalue weighted by Crippen LogP contribution is 2.37. The molecule has 0 spiro atoms. The van der Waals surface area contributed by atoms with Crippen molar-refractivity contribution in [2.45, 2.75) is 6.10 Å². The second kappa shape index (κ2) is 4.23. The van der Waals surface area contributed by atoms with Crippen LogP contribution in [0.25, 0.3) is 16.5 Å². The van der Waals surface area contributed by atoms with E-state index in [0.29, 0.717) is 16.9 Å². The summed E-state index contributed by atoms with van der Waals surface area (Å²) in [5, 5.41) is 0.879. The molecule has 90 valence electrons. The standard InChI is InChI=1S/C14H11NO3/c1-17-11-4-2-3-9(8-16)13-10-5-6-15-7-12(10)18-14(11)13/h2-8,11H,1H3. The molecular weight excluding hydrogens is 230 g/mol. The van der Waals surface area contributed by atoms with E-state index in [4.69, 9.17) is 9.15 Å². The van der Waals surface area contributed by atoms with Gasteiger partial charge in [-0.15, -0.1) is 0 Å². The summed E-state index contributed by atoms with van der Waals surface area (Å²) in [6, 6.07) is 1.84. The Balaban J connectivity index is 2.36. The highest BCUT2D eigenvalue weighted by Gasteiger charge is 2.24. The zero-order chi connectivity index (χ0) is 12.5. The fourth-order valence-corrected chi connectivity index (χ4v) is 2.18.